The predicted octanol–water partition coefficient (Wildman–Crippen LogP) is 2.75. The molecule has 46 valence electrons. The van der Waals surface area contributed by atoms with Crippen LogP contribution in [0.1, 0.15) is 33.1 Å². The SMILES string of the molecule is CC=C(C)CC1CC1. The molecule has 0 aromatic carbocycles. The van der Waals surface area contributed by atoms with Crippen LogP contribution in [0.4, 0.5) is 0 Å². The molecule has 0 spiro atoms. The van der Waals surface area contributed by atoms with E-state index in [-0.39, 0.29) is 0 Å². The molecule has 0 aliphatic heterocycles. The highest BCUT2D eigenvalue weighted by Crippen LogP contribution is 2.34. The van der Waals surface area contributed by atoms with Gasteiger partial charge in [0, 0.05) is 0 Å². The van der Waals surface area contributed by atoms with Crippen molar-refractivity contribution in [2.45, 2.75) is 33.1 Å². The molecule has 0 amide bonds. The summed E-state index contributed by atoms with van der Waals surface area (Å²) in [7, 11) is 0. The molecule has 1 aliphatic carbocycles. The Morgan fingerprint density at radius 2 is 2.25 bits per heavy atom. The average molecular weight is 110 g/mol. The highest BCUT2D eigenvalue weighted by Gasteiger charge is 2.20. The smallest absolute Gasteiger partial charge is 0.0295 e. The molecule has 8 heavy (non-hydrogen) atoms. The third kappa shape index (κ3) is 1.69. The van der Waals surface area contributed by atoms with Crippen LogP contribution < -0.4 is 0 Å². The Kier molecular flexibility index (Phi) is 1.72. The molecule has 0 nitrogen and oxygen atoms in total. The molecular weight excluding hydrogens is 96.1 g/mol. The summed E-state index contributed by atoms with van der Waals surface area (Å²) in [6.07, 6.45) is 6.53. The molecule has 1 aliphatic rings. The van der Waals surface area contributed by atoms with E-state index in [1.165, 1.54) is 19.3 Å². The highest BCUT2D eigenvalue weighted by atomic mass is 14.3. The minimum Gasteiger partial charge on any atom is -0.0887 e. The van der Waals surface area contributed by atoms with Gasteiger partial charge in [0.1, 0.15) is 0 Å². The van der Waals surface area contributed by atoms with Crippen LogP contribution in [0.25, 0.3) is 0 Å². The van der Waals surface area contributed by atoms with Gasteiger partial charge in [-0.2, -0.15) is 0 Å². The minimum absolute atomic E-state index is 1.06. The van der Waals surface area contributed by atoms with Crippen LogP contribution in [0, 0.1) is 5.92 Å². The van der Waals surface area contributed by atoms with Crippen molar-refractivity contribution in [3.8, 4) is 0 Å². The van der Waals surface area contributed by atoms with E-state index in [9.17, 15) is 0 Å². The van der Waals surface area contributed by atoms with Gasteiger partial charge in [0.2, 0.25) is 0 Å². The predicted molar refractivity (Wildman–Crippen MR) is 36.8 cm³/mol. The lowest BCUT2D eigenvalue weighted by atomic mass is 10.1. The van der Waals surface area contributed by atoms with Crippen LogP contribution in [0.15, 0.2) is 11.6 Å². The fourth-order valence-corrected chi connectivity index (χ4v) is 0.895. The second kappa shape index (κ2) is 2.34. The van der Waals surface area contributed by atoms with E-state index in [4.69, 9.17) is 0 Å². The topological polar surface area (TPSA) is 0 Å². The molecule has 0 atom stereocenters. The molecule has 0 unspecified atom stereocenters. The summed E-state index contributed by atoms with van der Waals surface area (Å²) in [6, 6.07) is 0. The lowest BCUT2D eigenvalue weighted by Gasteiger charge is -1.93. The summed E-state index contributed by atoms with van der Waals surface area (Å²) in [5.41, 5.74) is 1.56. The quantitative estimate of drug-likeness (QED) is 0.479. The van der Waals surface area contributed by atoms with Crippen molar-refractivity contribution < 1.29 is 0 Å². The van der Waals surface area contributed by atoms with Crippen LogP contribution in [0.5, 0.6) is 0 Å². The summed E-state index contributed by atoms with van der Waals surface area (Å²) in [5, 5.41) is 0. The second-order valence-corrected chi connectivity index (χ2v) is 2.78. The molecule has 0 bridgehead atoms. The van der Waals surface area contributed by atoms with Gasteiger partial charge in [-0.05, 0) is 39.0 Å². The second-order valence-electron chi connectivity index (χ2n) is 2.78. The Labute approximate surface area is 51.6 Å². The van der Waals surface area contributed by atoms with Crippen LogP contribution in [-0.4, -0.2) is 0 Å². The third-order valence-electron chi connectivity index (χ3n) is 1.80. The van der Waals surface area contributed by atoms with Crippen molar-refractivity contribution in [1.82, 2.24) is 0 Å². The summed E-state index contributed by atoms with van der Waals surface area (Å²) in [4.78, 5) is 0. The van der Waals surface area contributed by atoms with Crippen LogP contribution in [-0.2, 0) is 0 Å². The van der Waals surface area contributed by atoms with Crippen LogP contribution in [0.3, 0.4) is 0 Å². The summed E-state index contributed by atoms with van der Waals surface area (Å²) >= 11 is 0. The van der Waals surface area contributed by atoms with E-state index in [2.05, 4.69) is 19.9 Å². The van der Waals surface area contributed by atoms with Crippen molar-refractivity contribution in [3.05, 3.63) is 11.6 Å². The zero-order chi connectivity index (χ0) is 5.98. The van der Waals surface area contributed by atoms with Gasteiger partial charge in [-0.25, -0.2) is 0 Å². The van der Waals surface area contributed by atoms with Gasteiger partial charge >= 0.3 is 0 Å². The lowest BCUT2D eigenvalue weighted by Crippen LogP contribution is -1.76. The highest BCUT2D eigenvalue weighted by molar-refractivity contribution is 4.99. The van der Waals surface area contributed by atoms with Gasteiger partial charge in [0.25, 0.3) is 0 Å². The number of allylic oxidation sites excluding steroid dienone is 2. The molecule has 1 saturated carbocycles. The maximum absolute atomic E-state index is 2.22. The maximum atomic E-state index is 2.22. The molecule has 0 radical (unpaired) electrons. The largest absolute Gasteiger partial charge is 0.0887 e. The Morgan fingerprint density at radius 1 is 1.62 bits per heavy atom. The van der Waals surface area contributed by atoms with Gasteiger partial charge in [-0.3, -0.25) is 0 Å². The normalized spacial score (nSPS) is 21.5. The summed E-state index contributed by atoms with van der Waals surface area (Å²) < 4.78 is 0. The molecule has 0 aromatic heterocycles. The van der Waals surface area contributed by atoms with E-state index < -0.39 is 0 Å². The number of rotatable bonds is 2. The summed E-state index contributed by atoms with van der Waals surface area (Å²) in [6.45, 7) is 4.34. The Bertz CT molecular complexity index is 96.6. The molecule has 1 fully saturated rings. The minimum atomic E-state index is 1.06. The fourth-order valence-electron chi connectivity index (χ4n) is 0.895. The summed E-state index contributed by atoms with van der Waals surface area (Å²) in [5.74, 6) is 1.06. The van der Waals surface area contributed by atoms with Gasteiger partial charge in [-0.15, -0.1) is 0 Å². The van der Waals surface area contributed by atoms with E-state index in [0.717, 1.165) is 5.92 Å². The van der Waals surface area contributed by atoms with Crippen LogP contribution in [0.2, 0.25) is 0 Å². The molecule has 0 aromatic rings. The van der Waals surface area contributed by atoms with Gasteiger partial charge < -0.3 is 0 Å². The Hall–Kier alpha value is -0.260. The Balaban J connectivity index is 2.16. The fraction of sp³-hybridized carbons (Fsp3) is 0.750. The first-order valence-electron chi connectivity index (χ1n) is 3.44. The van der Waals surface area contributed by atoms with E-state index in [1.807, 2.05) is 0 Å². The van der Waals surface area contributed by atoms with E-state index in [0.29, 0.717) is 0 Å². The average Bonchev–Trinajstić information content (AvgIpc) is 2.50. The zero-order valence-electron chi connectivity index (χ0n) is 5.78. The lowest BCUT2D eigenvalue weighted by molar-refractivity contribution is 0.819. The molecule has 0 heteroatoms. The van der Waals surface area contributed by atoms with E-state index in [1.54, 1.807) is 5.57 Å². The monoisotopic (exact) mass is 110 g/mol. The zero-order valence-corrected chi connectivity index (χ0v) is 5.78. The van der Waals surface area contributed by atoms with Crippen molar-refractivity contribution in [2.75, 3.05) is 0 Å². The molecule has 0 heterocycles. The first-order valence-corrected chi connectivity index (χ1v) is 3.44. The Morgan fingerprint density at radius 3 is 2.62 bits per heavy atom. The van der Waals surface area contributed by atoms with Crippen molar-refractivity contribution in [1.29, 1.82) is 0 Å². The molecular formula is C8H14. The standard InChI is InChI=1S/C8H14/c1-3-7(2)6-8-4-5-8/h3,8H,4-6H2,1-2H3. The van der Waals surface area contributed by atoms with Crippen molar-refractivity contribution in [3.63, 3.8) is 0 Å². The first-order chi connectivity index (χ1) is 3.83. The van der Waals surface area contributed by atoms with Gasteiger partial charge in [0.15, 0.2) is 0 Å². The van der Waals surface area contributed by atoms with E-state index >= 15 is 0 Å². The van der Waals surface area contributed by atoms with Crippen molar-refractivity contribution in [2.24, 2.45) is 5.92 Å². The number of hydrogen-bond acceptors (Lipinski definition) is 0. The maximum Gasteiger partial charge on any atom is -0.0295 e. The van der Waals surface area contributed by atoms with Crippen LogP contribution >= 0.6 is 0 Å². The third-order valence-corrected chi connectivity index (χ3v) is 1.80. The van der Waals surface area contributed by atoms with Gasteiger partial charge in [0.05, 0.1) is 0 Å². The molecule has 0 saturated heterocycles. The molecule has 0 N–H and O–H groups in total. The first kappa shape index (κ1) is 5.87. The number of hydrogen-bond donors (Lipinski definition) is 0. The molecule has 1 rings (SSSR count). The van der Waals surface area contributed by atoms with Crippen molar-refractivity contribution >= 4 is 0 Å². The van der Waals surface area contributed by atoms with Gasteiger partial charge in [-0.1, -0.05) is 11.6 Å².